The third kappa shape index (κ3) is 5.96. The Hall–Kier alpha value is -5.46. The van der Waals surface area contributed by atoms with E-state index >= 15 is 0 Å². The van der Waals surface area contributed by atoms with Crippen molar-refractivity contribution in [3.63, 3.8) is 0 Å². The number of benzene rings is 3. The first-order valence-corrected chi connectivity index (χ1v) is 15.5. The standard InChI is InChI=1S/C34H26ClN3O8S/c1-4-45-33(40)29-30(19-8-6-5-7-9-19)36-34-37(31(29)21-11-14-26(43-2)27(17-21)44-3)32(39)28(47-34)18-22-12-15-25(46-22)20-10-13-23(35)24(16-20)38(41)42/h5-18,31H,4H2,1-3H3/b28-18-/t31-/m0/s1. The van der Waals surface area contributed by atoms with Crippen LogP contribution in [0.25, 0.3) is 23.1 Å². The summed E-state index contributed by atoms with van der Waals surface area (Å²) in [6.45, 7) is 1.83. The lowest BCUT2D eigenvalue weighted by Crippen LogP contribution is -2.40. The molecule has 0 N–H and O–H groups in total. The fourth-order valence-corrected chi connectivity index (χ4v) is 6.47. The lowest BCUT2D eigenvalue weighted by Gasteiger charge is -2.26. The summed E-state index contributed by atoms with van der Waals surface area (Å²) in [5.74, 6) is 0.964. The van der Waals surface area contributed by atoms with Gasteiger partial charge < -0.3 is 18.6 Å². The Morgan fingerprint density at radius 3 is 2.51 bits per heavy atom. The molecule has 0 aliphatic carbocycles. The van der Waals surface area contributed by atoms with Gasteiger partial charge in [-0.3, -0.25) is 19.5 Å². The Balaban J connectivity index is 1.55. The van der Waals surface area contributed by atoms with E-state index in [2.05, 4.69) is 0 Å². The Morgan fingerprint density at radius 1 is 1.04 bits per heavy atom. The van der Waals surface area contributed by atoms with Crippen LogP contribution in [0.3, 0.4) is 0 Å². The second kappa shape index (κ2) is 13.1. The highest BCUT2D eigenvalue weighted by atomic mass is 35.5. The molecule has 238 valence electrons. The maximum Gasteiger partial charge on any atom is 0.338 e. The minimum absolute atomic E-state index is 0.00716. The molecular weight excluding hydrogens is 646 g/mol. The van der Waals surface area contributed by atoms with E-state index in [4.69, 9.17) is 35.2 Å². The number of nitro groups is 1. The van der Waals surface area contributed by atoms with E-state index in [-0.39, 0.29) is 27.4 Å². The molecule has 0 fully saturated rings. The average molecular weight is 672 g/mol. The molecule has 1 aliphatic rings. The van der Waals surface area contributed by atoms with Crippen LogP contribution in [0.1, 0.15) is 29.9 Å². The van der Waals surface area contributed by atoms with Gasteiger partial charge in [-0.2, -0.15) is 0 Å². The second-order valence-electron chi connectivity index (χ2n) is 10.2. The van der Waals surface area contributed by atoms with Crippen LogP contribution < -0.4 is 24.4 Å². The maximum atomic E-state index is 14.2. The van der Waals surface area contributed by atoms with Crippen molar-refractivity contribution in [2.75, 3.05) is 20.8 Å². The first-order valence-electron chi connectivity index (χ1n) is 14.3. The summed E-state index contributed by atoms with van der Waals surface area (Å²) in [5.41, 5.74) is 1.59. The Morgan fingerprint density at radius 2 is 1.81 bits per heavy atom. The average Bonchev–Trinajstić information content (AvgIpc) is 3.68. The lowest BCUT2D eigenvalue weighted by molar-refractivity contribution is -0.384. The summed E-state index contributed by atoms with van der Waals surface area (Å²) >= 11 is 7.11. The number of carbonyl (C=O) groups excluding carboxylic acids is 1. The predicted molar refractivity (Wildman–Crippen MR) is 176 cm³/mol. The molecule has 3 aromatic carbocycles. The molecule has 0 bridgehead atoms. The van der Waals surface area contributed by atoms with Crippen LogP contribution in [0.2, 0.25) is 5.02 Å². The van der Waals surface area contributed by atoms with E-state index in [1.54, 1.807) is 49.4 Å². The molecule has 0 spiro atoms. The number of esters is 1. The molecule has 11 nitrogen and oxygen atoms in total. The van der Waals surface area contributed by atoms with Crippen molar-refractivity contribution >= 4 is 46.4 Å². The molecule has 0 saturated carbocycles. The maximum absolute atomic E-state index is 14.2. The van der Waals surface area contributed by atoms with Gasteiger partial charge >= 0.3 is 5.97 Å². The molecule has 5 aromatic rings. The number of fused-ring (bicyclic) bond motifs is 1. The molecule has 3 heterocycles. The molecule has 13 heteroatoms. The van der Waals surface area contributed by atoms with Gasteiger partial charge in [0.05, 0.1) is 47.6 Å². The van der Waals surface area contributed by atoms with Crippen LogP contribution in [0.5, 0.6) is 11.5 Å². The van der Waals surface area contributed by atoms with Crippen LogP contribution in [0.15, 0.2) is 98.6 Å². The van der Waals surface area contributed by atoms with Crippen molar-refractivity contribution in [2.24, 2.45) is 4.99 Å². The number of rotatable bonds is 9. The first-order chi connectivity index (χ1) is 22.7. The number of carbonyl (C=O) groups is 1. The Labute approximate surface area is 276 Å². The number of aromatic nitrogens is 1. The van der Waals surface area contributed by atoms with E-state index in [0.29, 0.717) is 50.2 Å². The zero-order chi connectivity index (χ0) is 33.2. The summed E-state index contributed by atoms with van der Waals surface area (Å²) in [6, 6.07) is 21.1. The SMILES string of the molecule is CCOC(=O)C1=C(c2ccccc2)N=c2s/c(=C\c3ccc(-c4ccc(Cl)c([N+](=O)[O-])c4)o3)c(=O)n2[C@H]1c1ccc(OC)c(OC)c1. The molecule has 6 rings (SSSR count). The van der Waals surface area contributed by atoms with Gasteiger partial charge in [0.2, 0.25) is 0 Å². The highest BCUT2D eigenvalue weighted by Gasteiger charge is 2.35. The minimum Gasteiger partial charge on any atom is -0.493 e. The largest absolute Gasteiger partial charge is 0.493 e. The molecule has 0 saturated heterocycles. The van der Waals surface area contributed by atoms with Crippen LogP contribution in [-0.4, -0.2) is 36.3 Å². The fraction of sp³-hybridized carbons (Fsp3) is 0.147. The summed E-state index contributed by atoms with van der Waals surface area (Å²) in [5, 5.41) is 11.4. The molecular formula is C34H26ClN3O8S. The lowest BCUT2D eigenvalue weighted by atomic mass is 9.93. The molecule has 0 unspecified atom stereocenters. The van der Waals surface area contributed by atoms with Crippen LogP contribution in [0.4, 0.5) is 5.69 Å². The highest BCUT2D eigenvalue weighted by Crippen LogP contribution is 2.38. The van der Waals surface area contributed by atoms with E-state index < -0.39 is 22.5 Å². The predicted octanol–water partition coefficient (Wildman–Crippen LogP) is 5.77. The normalized spacial score (nSPS) is 14.4. The third-order valence-electron chi connectivity index (χ3n) is 7.42. The quantitative estimate of drug-likeness (QED) is 0.109. The van der Waals surface area contributed by atoms with Gasteiger partial charge in [-0.1, -0.05) is 59.3 Å². The van der Waals surface area contributed by atoms with Crippen molar-refractivity contribution in [1.29, 1.82) is 0 Å². The monoisotopic (exact) mass is 671 g/mol. The molecule has 47 heavy (non-hydrogen) atoms. The molecule has 2 aromatic heterocycles. The Kier molecular flexibility index (Phi) is 8.79. The number of ether oxygens (including phenoxy) is 3. The number of hydrogen-bond acceptors (Lipinski definition) is 10. The van der Waals surface area contributed by atoms with Crippen molar-refractivity contribution in [3.05, 3.63) is 136 Å². The molecule has 0 amide bonds. The van der Waals surface area contributed by atoms with E-state index in [9.17, 15) is 19.7 Å². The number of nitro benzene ring substituents is 1. The topological polar surface area (TPSA) is 135 Å². The smallest absolute Gasteiger partial charge is 0.338 e. The van der Waals surface area contributed by atoms with Crippen LogP contribution in [0, 0.1) is 10.1 Å². The number of hydrogen-bond donors (Lipinski definition) is 0. The number of halogens is 1. The van der Waals surface area contributed by atoms with E-state index in [1.807, 2.05) is 30.3 Å². The molecule has 0 radical (unpaired) electrons. The number of thiazole rings is 1. The zero-order valence-corrected chi connectivity index (χ0v) is 26.8. The van der Waals surface area contributed by atoms with Crippen molar-refractivity contribution in [3.8, 4) is 22.8 Å². The van der Waals surface area contributed by atoms with Crippen LogP contribution in [-0.2, 0) is 9.53 Å². The van der Waals surface area contributed by atoms with Crippen LogP contribution >= 0.6 is 22.9 Å². The summed E-state index contributed by atoms with van der Waals surface area (Å²) in [7, 11) is 3.02. The van der Waals surface area contributed by atoms with Gasteiger partial charge in [-0.25, -0.2) is 9.79 Å². The van der Waals surface area contributed by atoms with Gasteiger partial charge in [0.15, 0.2) is 16.3 Å². The summed E-state index contributed by atoms with van der Waals surface area (Å²) in [6.07, 6.45) is 1.57. The minimum atomic E-state index is -0.927. The van der Waals surface area contributed by atoms with Gasteiger partial charge in [0.25, 0.3) is 11.2 Å². The van der Waals surface area contributed by atoms with Crippen molar-refractivity contribution in [2.45, 2.75) is 13.0 Å². The van der Waals surface area contributed by atoms with Gasteiger partial charge in [0, 0.05) is 23.3 Å². The van der Waals surface area contributed by atoms with Gasteiger partial charge in [0.1, 0.15) is 16.5 Å². The second-order valence-corrected chi connectivity index (χ2v) is 11.6. The number of nitrogens with zero attached hydrogens (tertiary/aromatic N) is 3. The van der Waals surface area contributed by atoms with E-state index in [0.717, 1.165) is 11.3 Å². The van der Waals surface area contributed by atoms with Crippen molar-refractivity contribution < 1.29 is 28.3 Å². The van der Waals surface area contributed by atoms with Gasteiger partial charge in [-0.15, -0.1) is 0 Å². The Bertz CT molecular complexity index is 2240. The van der Waals surface area contributed by atoms with Gasteiger partial charge in [-0.05, 0) is 48.9 Å². The van der Waals surface area contributed by atoms with Crippen molar-refractivity contribution in [1.82, 2.24) is 4.57 Å². The zero-order valence-electron chi connectivity index (χ0n) is 25.3. The number of methoxy groups -OCH3 is 2. The summed E-state index contributed by atoms with van der Waals surface area (Å²) in [4.78, 5) is 43.9. The highest BCUT2D eigenvalue weighted by molar-refractivity contribution is 7.07. The molecule has 1 atom stereocenters. The van der Waals surface area contributed by atoms with E-state index in [1.165, 1.54) is 30.9 Å². The first kappa shape index (κ1) is 31.5. The summed E-state index contributed by atoms with van der Waals surface area (Å²) < 4.78 is 24.2. The fourth-order valence-electron chi connectivity index (χ4n) is 5.30. The molecule has 1 aliphatic heterocycles. The number of furan rings is 1. The third-order valence-corrected chi connectivity index (χ3v) is 8.73.